The summed E-state index contributed by atoms with van der Waals surface area (Å²) in [7, 11) is 1.71. The minimum absolute atomic E-state index is 0.214. The number of ether oxygens (including phenoxy) is 1. The van der Waals surface area contributed by atoms with Gasteiger partial charge in [0.2, 0.25) is 0 Å². The maximum absolute atomic E-state index is 8.92. The summed E-state index contributed by atoms with van der Waals surface area (Å²) in [4.78, 5) is 2.21. The number of nitrogens with zero attached hydrogens (tertiary/aromatic N) is 1. The van der Waals surface area contributed by atoms with Crippen molar-refractivity contribution >= 4 is 0 Å². The van der Waals surface area contributed by atoms with Gasteiger partial charge in [-0.25, -0.2) is 0 Å². The van der Waals surface area contributed by atoms with Crippen LogP contribution in [0.3, 0.4) is 0 Å². The molecule has 3 nitrogen and oxygen atoms in total. The third-order valence-corrected chi connectivity index (χ3v) is 2.57. The number of hydrogen-bond donors (Lipinski definition) is 1. The Labute approximate surface area is 97.7 Å². The molecule has 1 rings (SSSR count). The van der Waals surface area contributed by atoms with Gasteiger partial charge in [-0.1, -0.05) is 31.2 Å². The first kappa shape index (κ1) is 13.2. The molecule has 0 aliphatic heterocycles. The van der Waals surface area contributed by atoms with Crippen molar-refractivity contribution < 1.29 is 9.84 Å². The molecule has 0 unspecified atom stereocenters. The zero-order valence-corrected chi connectivity index (χ0v) is 10.1. The summed E-state index contributed by atoms with van der Waals surface area (Å²) in [6.07, 6.45) is 0. The summed E-state index contributed by atoms with van der Waals surface area (Å²) in [6, 6.07) is 8.38. The molecular weight excluding hydrogens is 202 g/mol. The van der Waals surface area contributed by atoms with Crippen LogP contribution in [0.15, 0.2) is 24.3 Å². The van der Waals surface area contributed by atoms with Gasteiger partial charge < -0.3 is 9.84 Å². The smallest absolute Gasteiger partial charge is 0.0713 e. The molecule has 0 aliphatic carbocycles. The molecule has 0 aliphatic rings. The molecule has 0 saturated carbocycles. The number of benzene rings is 1. The average Bonchev–Trinajstić information content (AvgIpc) is 2.29. The fourth-order valence-electron chi connectivity index (χ4n) is 1.73. The molecule has 0 aromatic heterocycles. The normalized spacial score (nSPS) is 11.0. The van der Waals surface area contributed by atoms with Crippen molar-refractivity contribution in [1.82, 2.24) is 4.90 Å². The Kier molecular flexibility index (Phi) is 6.08. The van der Waals surface area contributed by atoms with Crippen LogP contribution in [0.25, 0.3) is 0 Å². The molecule has 0 atom stereocenters. The van der Waals surface area contributed by atoms with Gasteiger partial charge in [-0.15, -0.1) is 0 Å². The first-order chi connectivity index (χ1) is 7.80. The second kappa shape index (κ2) is 7.39. The second-order valence-electron chi connectivity index (χ2n) is 3.85. The highest BCUT2D eigenvalue weighted by Gasteiger charge is 2.03. The third-order valence-electron chi connectivity index (χ3n) is 2.57. The average molecular weight is 223 g/mol. The van der Waals surface area contributed by atoms with Crippen LogP contribution in [0.4, 0.5) is 0 Å². The number of hydrogen-bond acceptors (Lipinski definition) is 3. The summed E-state index contributed by atoms with van der Waals surface area (Å²) < 4.78 is 5.11. The molecule has 0 fully saturated rings. The molecule has 0 radical (unpaired) electrons. The lowest BCUT2D eigenvalue weighted by molar-refractivity contribution is 0.184. The molecule has 0 saturated heterocycles. The van der Waals surface area contributed by atoms with Crippen LogP contribution >= 0.6 is 0 Å². The molecule has 1 aromatic carbocycles. The van der Waals surface area contributed by atoms with Gasteiger partial charge in [0.1, 0.15) is 0 Å². The van der Waals surface area contributed by atoms with Gasteiger partial charge in [-0.3, -0.25) is 4.90 Å². The molecular formula is C13H21NO2. The fraction of sp³-hybridized carbons (Fsp3) is 0.538. The van der Waals surface area contributed by atoms with Gasteiger partial charge in [0, 0.05) is 20.2 Å². The van der Waals surface area contributed by atoms with Gasteiger partial charge >= 0.3 is 0 Å². The van der Waals surface area contributed by atoms with Crippen molar-refractivity contribution in [3.8, 4) is 0 Å². The van der Waals surface area contributed by atoms with Gasteiger partial charge in [0.05, 0.1) is 13.2 Å². The first-order valence-corrected chi connectivity index (χ1v) is 5.70. The Morgan fingerprint density at radius 3 is 2.69 bits per heavy atom. The predicted octanol–water partition coefficient (Wildman–Crippen LogP) is 1.65. The Balaban J connectivity index is 2.60. The van der Waals surface area contributed by atoms with Gasteiger partial charge in [0.25, 0.3) is 0 Å². The van der Waals surface area contributed by atoms with E-state index in [1.54, 1.807) is 7.11 Å². The number of methoxy groups -OCH3 is 1. The molecule has 0 amide bonds. The van der Waals surface area contributed by atoms with E-state index in [2.05, 4.69) is 36.1 Å². The van der Waals surface area contributed by atoms with Crippen LogP contribution in [-0.4, -0.2) is 36.8 Å². The highest BCUT2D eigenvalue weighted by atomic mass is 16.5. The summed E-state index contributed by atoms with van der Waals surface area (Å²) >= 11 is 0. The van der Waals surface area contributed by atoms with Gasteiger partial charge in [-0.2, -0.15) is 0 Å². The SMILES string of the molecule is CCN(CCO)Cc1cccc(COC)c1. The minimum atomic E-state index is 0.214. The lowest BCUT2D eigenvalue weighted by atomic mass is 10.1. The quantitative estimate of drug-likeness (QED) is 0.763. The number of rotatable bonds is 7. The van der Waals surface area contributed by atoms with E-state index in [9.17, 15) is 0 Å². The maximum Gasteiger partial charge on any atom is 0.0713 e. The fourth-order valence-corrected chi connectivity index (χ4v) is 1.73. The van der Waals surface area contributed by atoms with Crippen molar-refractivity contribution in [1.29, 1.82) is 0 Å². The zero-order valence-electron chi connectivity index (χ0n) is 10.1. The summed E-state index contributed by atoms with van der Waals surface area (Å²) in [5.74, 6) is 0. The molecule has 0 heterocycles. The van der Waals surface area contributed by atoms with E-state index in [0.29, 0.717) is 6.61 Å². The first-order valence-electron chi connectivity index (χ1n) is 5.70. The van der Waals surface area contributed by atoms with E-state index in [0.717, 1.165) is 19.6 Å². The Hall–Kier alpha value is -0.900. The Bertz CT molecular complexity index is 302. The van der Waals surface area contributed by atoms with Gasteiger partial charge in [-0.05, 0) is 17.7 Å². The summed E-state index contributed by atoms with van der Waals surface area (Å²) in [6.45, 7) is 5.54. The lowest BCUT2D eigenvalue weighted by Crippen LogP contribution is -2.26. The number of aliphatic hydroxyl groups excluding tert-OH is 1. The van der Waals surface area contributed by atoms with E-state index in [1.807, 2.05) is 0 Å². The number of aliphatic hydroxyl groups is 1. The van der Waals surface area contributed by atoms with Crippen LogP contribution in [0.1, 0.15) is 18.1 Å². The van der Waals surface area contributed by atoms with Crippen LogP contribution in [-0.2, 0) is 17.9 Å². The van der Waals surface area contributed by atoms with Gasteiger partial charge in [0.15, 0.2) is 0 Å². The summed E-state index contributed by atoms with van der Waals surface area (Å²) in [5, 5.41) is 8.92. The molecule has 16 heavy (non-hydrogen) atoms. The van der Waals surface area contributed by atoms with E-state index in [-0.39, 0.29) is 6.61 Å². The van der Waals surface area contributed by atoms with Crippen molar-refractivity contribution in [3.63, 3.8) is 0 Å². The molecule has 1 aromatic rings. The van der Waals surface area contributed by atoms with Crippen molar-refractivity contribution in [2.45, 2.75) is 20.1 Å². The van der Waals surface area contributed by atoms with E-state index < -0.39 is 0 Å². The summed E-state index contributed by atoms with van der Waals surface area (Å²) in [5.41, 5.74) is 2.46. The number of likely N-dealkylation sites (N-methyl/N-ethyl adjacent to an activating group) is 1. The van der Waals surface area contributed by atoms with Crippen molar-refractivity contribution in [2.24, 2.45) is 0 Å². The monoisotopic (exact) mass is 223 g/mol. The molecule has 1 N–H and O–H groups in total. The maximum atomic E-state index is 8.92. The predicted molar refractivity (Wildman–Crippen MR) is 65.2 cm³/mol. The third kappa shape index (κ3) is 4.31. The van der Waals surface area contributed by atoms with E-state index >= 15 is 0 Å². The molecule has 3 heteroatoms. The molecule has 0 bridgehead atoms. The van der Waals surface area contributed by atoms with Crippen LogP contribution in [0, 0.1) is 0 Å². The Morgan fingerprint density at radius 1 is 1.31 bits per heavy atom. The van der Waals surface area contributed by atoms with Crippen LogP contribution in [0.5, 0.6) is 0 Å². The van der Waals surface area contributed by atoms with Crippen molar-refractivity contribution in [3.05, 3.63) is 35.4 Å². The Morgan fingerprint density at radius 2 is 2.06 bits per heavy atom. The van der Waals surface area contributed by atoms with E-state index in [4.69, 9.17) is 9.84 Å². The lowest BCUT2D eigenvalue weighted by Gasteiger charge is -2.19. The minimum Gasteiger partial charge on any atom is -0.395 e. The van der Waals surface area contributed by atoms with E-state index in [1.165, 1.54) is 11.1 Å². The molecule has 0 spiro atoms. The highest BCUT2D eigenvalue weighted by molar-refractivity contribution is 5.22. The van der Waals surface area contributed by atoms with Crippen LogP contribution < -0.4 is 0 Å². The standard InChI is InChI=1S/C13H21NO2/c1-3-14(7-8-15)10-12-5-4-6-13(9-12)11-16-2/h4-6,9,15H,3,7-8,10-11H2,1-2H3. The zero-order chi connectivity index (χ0) is 11.8. The highest BCUT2D eigenvalue weighted by Crippen LogP contribution is 2.09. The topological polar surface area (TPSA) is 32.7 Å². The molecule has 90 valence electrons. The largest absolute Gasteiger partial charge is 0.395 e. The second-order valence-corrected chi connectivity index (χ2v) is 3.85. The van der Waals surface area contributed by atoms with Crippen LogP contribution in [0.2, 0.25) is 0 Å². The van der Waals surface area contributed by atoms with Crippen molar-refractivity contribution in [2.75, 3.05) is 26.8 Å².